The van der Waals surface area contributed by atoms with Crippen molar-refractivity contribution in [1.29, 1.82) is 0 Å². The van der Waals surface area contributed by atoms with E-state index in [1.165, 1.54) is 0 Å². The van der Waals surface area contributed by atoms with Crippen molar-refractivity contribution in [2.45, 2.75) is 31.8 Å². The second-order valence-corrected chi connectivity index (χ2v) is 5.17. The van der Waals surface area contributed by atoms with Gasteiger partial charge < -0.3 is 19.7 Å². The Hall–Kier alpha value is -1.62. The van der Waals surface area contributed by atoms with Crippen LogP contribution in [0.4, 0.5) is 0 Å². The molecular weight excluding hydrogens is 256 g/mol. The highest BCUT2D eigenvalue weighted by Crippen LogP contribution is 2.29. The van der Waals surface area contributed by atoms with Gasteiger partial charge in [0.1, 0.15) is 11.9 Å². The fourth-order valence-corrected chi connectivity index (χ4v) is 2.53. The van der Waals surface area contributed by atoms with Crippen LogP contribution in [0.25, 0.3) is 10.8 Å². The van der Waals surface area contributed by atoms with Crippen LogP contribution in [0.5, 0.6) is 5.75 Å². The highest BCUT2D eigenvalue weighted by Gasteiger charge is 2.34. The lowest BCUT2D eigenvalue weighted by atomic mass is 10.1. The van der Waals surface area contributed by atoms with E-state index in [4.69, 9.17) is 14.6 Å². The van der Waals surface area contributed by atoms with Crippen molar-refractivity contribution in [2.24, 2.45) is 0 Å². The molecule has 2 aromatic rings. The summed E-state index contributed by atoms with van der Waals surface area (Å²) in [5, 5.41) is 21.1. The van der Waals surface area contributed by atoms with Crippen LogP contribution in [0.15, 0.2) is 36.4 Å². The maximum absolute atomic E-state index is 9.71. The Morgan fingerprint density at radius 1 is 1.25 bits per heavy atom. The first kappa shape index (κ1) is 13.4. The molecule has 2 N–H and O–H groups in total. The predicted molar refractivity (Wildman–Crippen MR) is 75.7 cm³/mol. The van der Waals surface area contributed by atoms with Crippen molar-refractivity contribution in [2.75, 3.05) is 6.61 Å². The number of benzene rings is 2. The Morgan fingerprint density at radius 3 is 2.60 bits per heavy atom. The number of aliphatic hydroxyl groups excluding tert-OH is 2. The molecule has 0 saturated carbocycles. The van der Waals surface area contributed by atoms with E-state index in [0.717, 1.165) is 22.1 Å². The van der Waals surface area contributed by atoms with E-state index >= 15 is 0 Å². The number of ether oxygens (including phenoxy) is 2. The summed E-state index contributed by atoms with van der Waals surface area (Å²) < 4.78 is 11.3. The number of rotatable bonds is 3. The topological polar surface area (TPSA) is 58.9 Å². The molecule has 0 aromatic heterocycles. The molecule has 20 heavy (non-hydrogen) atoms. The zero-order chi connectivity index (χ0) is 14.1. The Morgan fingerprint density at radius 2 is 1.95 bits per heavy atom. The molecule has 1 aliphatic rings. The van der Waals surface area contributed by atoms with Gasteiger partial charge in [-0.2, -0.15) is 0 Å². The lowest BCUT2D eigenvalue weighted by Crippen LogP contribution is -2.24. The summed E-state index contributed by atoms with van der Waals surface area (Å²) in [5.41, 5.74) is 1.02. The van der Waals surface area contributed by atoms with Gasteiger partial charge in [-0.25, -0.2) is 0 Å². The molecular formula is C16H18O4. The number of hydrogen-bond donors (Lipinski definition) is 2. The van der Waals surface area contributed by atoms with Gasteiger partial charge in [0.05, 0.1) is 12.7 Å². The molecule has 1 aliphatic heterocycles. The third-order valence-corrected chi connectivity index (χ3v) is 3.67. The van der Waals surface area contributed by atoms with Gasteiger partial charge in [0, 0.05) is 6.42 Å². The molecule has 3 rings (SSSR count). The molecule has 3 atom stereocenters. The van der Waals surface area contributed by atoms with Gasteiger partial charge in [0.15, 0.2) is 0 Å². The van der Waals surface area contributed by atoms with Gasteiger partial charge in [0.25, 0.3) is 0 Å². The number of fused-ring (bicyclic) bond motifs is 1. The maximum atomic E-state index is 9.71. The van der Waals surface area contributed by atoms with Gasteiger partial charge in [-0.15, -0.1) is 0 Å². The van der Waals surface area contributed by atoms with Crippen LogP contribution in [0.3, 0.4) is 0 Å². The minimum absolute atomic E-state index is 0.197. The van der Waals surface area contributed by atoms with E-state index in [1.807, 2.05) is 31.2 Å². The molecule has 0 radical (unpaired) electrons. The number of hydrogen-bond acceptors (Lipinski definition) is 4. The van der Waals surface area contributed by atoms with Crippen LogP contribution >= 0.6 is 0 Å². The van der Waals surface area contributed by atoms with E-state index in [2.05, 4.69) is 12.1 Å². The lowest BCUT2D eigenvalue weighted by molar-refractivity contribution is -0.0933. The lowest BCUT2D eigenvalue weighted by Gasteiger charge is -2.16. The first-order chi connectivity index (χ1) is 9.67. The molecule has 2 aromatic carbocycles. The van der Waals surface area contributed by atoms with Crippen LogP contribution in [0.1, 0.15) is 12.0 Å². The van der Waals surface area contributed by atoms with Crippen molar-refractivity contribution < 1.29 is 19.7 Å². The van der Waals surface area contributed by atoms with Crippen molar-refractivity contribution in [3.05, 3.63) is 42.0 Å². The molecule has 0 aliphatic carbocycles. The van der Waals surface area contributed by atoms with Crippen LogP contribution in [-0.4, -0.2) is 35.3 Å². The van der Waals surface area contributed by atoms with Crippen molar-refractivity contribution in [3.63, 3.8) is 0 Å². The fraction of sp³-hybridized carbons (Fsp3) is 0.375. The average Bonchev–Trinajstić information content (AvgIpc) is 2.79. The Balaban J connectivity index is 1.82. The van der Waals surface area contributed by atoms with Crippen molar-refractivity contribution >= 4 is 10.8 Å². The normalized spacial score (nSPS) is 26.1. The first-order valence-electron chi connectivity index (χ1n) is 6.78. The largest absolute Gasteiger partial charge is 0.465 e. The van der Waals surface area contributed by atoms with Crippen molar-refractivity contribution in [1.82, 2.24) is 0 Å². The smallest absolute Gasteiger partial charge is 0.202 e. The van der Waals surface area contributed by atoms with Crippen LogP contribution < -0.4 is 4.74 Å². The summed E-state index contributed by atoms with van der Waals surface area (Å²) >= 11 is 0. The quantitative estimate of drug-likeness (QED) is 0.898. The summed E-state index contributed by atoms with van der Waals surface area (Å²) in [5.74, 6) is 0.750. The van der Waals surface area contributed by atoms with Crippen molar-refractivity contribution in [3.8, 4) is 5.75 Å². The van der Waals surface area contributed by atoms with E-state index in [-0.39, 0.29) is 6.61 Å². The van der Waals surface area contributed by atoms with E-state index < -0.39 is 18.5 Å². The molecule has 0 amide bonds. The van der Waals surface area contributed by atoms with E-state index in [0.29, 0.717) is 6.42 Å². The molecule has 1 fully saturated rings. The fourth-order valence-electron chi connectivity index (χ4n) is 2.53. The molecule has 0 spiro atoms. The minimum Gasteiger partial charge on any atom is -0.465 e. The Labute approximate surface area is 117 Å². The third-order valence-electron chi connectivity index (χ3n) is 3.67. The number of aliphatic hydroxyl groups is 2. The van der Waals surface area contributed by atoms with Crippen LogP contribution in [0, 0.1) is 6.92 Å². The molecule has 0 unspecified atom stereocenters. The van der Waals surface area contributed by atoms with E-state index in [1.54, 1.807) is 0 Å². The summed E-state index contributed by atoms with van der Waals surface area (Å²) in [7, 11) is 0. The highest BCUT2D eigenvalue weighted by atomic mass is 16.7. The highest BCUT2D eigenvalue weighted by molar-refractivity contribution is 5.84. The van der Waals surface area contributed by atoms with E-state index in [9.17, 15) is 5.11 Å². The maximum Gasteiger partial charge on any atom is 0.202 e. The second kappa shape index (κ2) is 5.40. The van der Waals surface area contributed by atoms with Gasteiger partial charge in [-0.1, -0.05) is 24.3 Å². The molecule has 106 valence electrons. The number of aryl methyl sites for hydroxylation is 1. The Bertz CT molecular complexity index is 610. The van der Waals surface area contributed by atoms with Crippen LogP contribution in [0.2, 0.25) is 0 Å². The summed E-state index contributed by atoms with van der Waals surface area (Å²) in [4.78, 5) is 0. The Kier molecular flexibility index (Phi) is 3.61. The second-order valence-electron chi connectivity index (χ2n) is 5.17. The standard InChI is InChI=1S/C16H18O4/c1-10-6-11-4-2-3-5-12(11)7-14(10)19-16-8-13(18)15(9-17)20-16/h2-7,13,15-18H,8-9H2,1H3/t13-,15+,16+/m0/s1. The molecule has 1 saturated heterocycles. The molecule has 0 bridgehead atoms. The summed E-state index contributed by atoms with van der Waals surface area (Å²) in [6.07, 6.45) is -1.37. The summed E-state index contributed by atoms with van der Waals surface area (Å²) in [6.45, 7) is 1.79. The third kappa shape index (κ3) is 2.50. The van der Waals surface area contributed by atoms with Gasteiger partial charge in [0.2, 0.25) is 6.29 Å². The zero-order valence-electron chi connectivity index (χ0n) is 11.3. The van der Waals surface area contributed by atoms with Gasteiger partial charge >= 0.3 is 0 Å². The zero-order valence-corrected chi connectivity index (χ0v) is 11.3. The minimum atomic E-state index is -0.675. The summed E-state index contributed by atoms with van der Waals surface area (Å²) in [6, 6.07) is 12.1. The monoisotopic (exact) mass is 274 g/mol. The molecule has 1 heterocycles. The average molecular weight is 274 g/mol. The molecule has 4 nitrogen and oxygen atoms in total. The predicted octanol–water partition coefficient (Wildman–Crippen LogP) is 2.00. The SMILES string of the molecule is Cc1cc2ccccc2cc1O[C@H]1C[C@H](O)[C@@H](CO)O1. The van der Waals surface area contributed by atoms with Gasteiger partial charge in [-0.05, 0) is 35.4 Å². The first-order valence-corrected chi connectivity index (χ1v) is 6.78. The van der Waals surface area contributed by atoms with Gasteiger partial charge in [-0.3, -0.25) is 0 Å². The molecule has 4 heteroatoms. The van der Waals surface area contributed by atoms with Crippen LogP contribution in [-0.2, 0) is 4.74 Å².